The second kappa shape index (κ2) is 4.61. The van der Waals surface area contributed by atoms with Crippen molar-refractivity contribution in [1.82, 2.24) is 4.90 Å². The average Bonchev–Trinajstić information content (AvgIpc) is 2.26. The molecule has 0 aliphatic heterocycles. The number of nitrogens with zero attached hydrogens (tertiary/aromatic N) is 2. The Kier molecular flexibility index (Phi) is 3.44. The molecule has 0 atom stereocenters. The minimum atomic E-state index is -0.516. The van der Waals surface area contributed by atoms with E-state index in [0.29, 0.717) is 5.56 Å². The van der Waals surface area contributed by atoms with Gasteiger partial charge in [-0.15, -0.1) is 0 Å². The Morgan fingerprint density at radius 3 is 2.50 bits per heavy atom. The minimum Gasteiger partial charge on any atom is -0.382 e. The van der Waals surface area contributed by atoms with E-state index in [0.717, 1.165) is 0 Å². The summed E-state index contributed by atoms with van der Waals surface area (Å²) in [6.45, 7) is 0. The first-order valence-electron chi connectivity index (χ1n) is 4.65. The number of benzene rings is 1. The first-order valence-corrected chi connectivity index (χ1v) is 4.65. The van der Waals surface area contributed by atoms with Crippen LogP contribution in [0.1, 0.15) is 10.4 Å². The van der Waals surface area contributed by atoms with E-state index >= 15 is 0 Å². The van der Waals surface area contributed by atoms with Crippen molar-refractivity contribution in [2.45, 2.75) is 0 Å². The number of amides is 1. The van der Waals surface area contributed by atoms with Gasteiger partial charge in [-0.25, -0.2) is 0 Å². The van der Waals surface area contributed by atoms with E-state index in [1.807, 2.05) is 0 Å². The molecule has 0 spiro atoms. The quantitative estimate of drug-likeness (QED) is 0.619. The molecule has 0 heterocycles. The van der Waals surface area contributed by atoms with Crippen LogP contribution in [-0.4, -0.2) is 36.9 Å². The largest absolute Gasteiger partial charge is 0.382 e. The highest BCUT2D eigenvalue weighted by atomic mass is 16.6. The first-order chi connectivity index (χ1) is 7.49. The molecule has 0 saturated heterocycles. The molecule has 0 radical (unpaired) electrons. The molecule has 1 aromatic rings. The topological polar surface area (TPSA) is 75.5 Å². The fourth-order valence-corrected chi connectivity index (χ4v) is 1.37. The second-order valence-electron chi connectivity index (χ2n) is 3.41. The van der Waals surface area contributed by atoms with E-state index in [-0.39, 0.29) is 17.3 Å². The molecule has 1 N–H and O–H groups in total. The van der Waals surface area contributed by atoms with Crippen LogP contribution >= 0.6 is 0 Å². The summed E-state index contributed by atoms with van der Waals surface area (Å²) in [5.41, 5.74) is 0.433. The Balaban J connectivity index is 3.35. The van der Waals surface area contributed by atoms with Gasteiger partial charge < -0.3 is 10.2 Å². The third-order valence-corrected chi connectivity index (χ3v) is 2.13. The van der Waals surface area contributed by atoms with Crippen molar-refractivity contribution in [2.75, 3.05) is 26.5 Å². The van der Waals surface area contributed by atoms with Crippen molar-refractivity contribution >= 4 is 17.3 Å². The van der Waals surface area contributed by atoms with Gasteiger partial charge in [0.15, 0.2) is 0 Å². The Morgan fingerprint density at radius 2 is 2.06 bits per heavy atom. The van der Waals surface area contributed by atoms with E-state index < -0.39 is 4.92 Å². The van der Waals surface area contributed by atoms with Crippen LogP contribution in [0.15, 0.2) is 18.2 Å². The zero-order chi connectivity index (χ0) is 12.3. The van der Waals surface area contributed by atoms with Crippen LogP contribution in [-0.2, 0) is 0 Å². The van der Waals surface area contributed by atoms with Gasteiger partial charge in [-0.05, 0) is 6.07 Å². The molecular weight excluding hydrogens is 210 g/mol. The minimum absolute atomic E-state index is 0.102. The molecule has 16 heavy (non-hydrogen) atoms. The van der Waals surface area contributed by atoms with Gasteiger partial charge in [-0.1, -0.05) is 6.07 Å². The van der Waals surface area contributed by atoms with Crippen molar-refractivity contribution in [3.8, 4) is 0 Å². The van der Waals surface area contributed by atoms with Crippen molar-refractivity contribution < 1.29 is 9.72 Å². The maximum atomic E-state index is 11.8. The SMILES string of the molecule is CNc1c(C(=O)N(C)C)cccc1[N+](=O)[O-]. The van der Waals surface area contributed by atoms with Gasteiger partial charge in [0.05, 0.1) is 10.5 Å². The molecule has 0 unspecified atom stereocenters. The Bertz CT molecular complexity index is 429. The standard InChI is InChI=1S/C10H13N3O3/c1-11-9-7(10(14)12(2)3)5-4-6-8(9)13(15)16/h4-6,11H,1-3H3. The number of nitrogens with one attached hydrogen (secondary N) is 1. The van der Waals surface area contributed by atoms with Crippen LogP contribution in [0.3, 0.4) is 0 Å². The molecule has 0 fully saturated rings. The summed E-state index contributed by atoms with van der Waals surface area (Å²) in [6, 6.07) is 4.41. The van der Waals surface area contributed by atoms with E-state index in [1.54, 1.807) is 27.2 Å². The van der Waals surface area contributed by atoms with Crippen LogP contribution in [0.25, 0.3) is 0 Å². The van der Waals surface area contributed by atoms with Crippen LogP contribution in [0.4, 0.5) is 11.4 Å². The van der Waals surface area contributed by atoms with Crippen LogP contribution in [0, 0.1) is 10.1 Å². The second-order valence-corrected chi connectivity index (χ2v) is 3.41. The zero-order valence-corrected chi connectivity index (χ0v) is 9.35. The van der Waals surface area contributed by atoms with Gasteiger partial charge in [0.1, 0.15) is 5.69 Å². The molecule has 86 valence electrons. The molecule has 1 rings (SSSR count). The summed E-state index contributed by atoms with van der Waals surface area (Å²) in [6.07, 6.45) is 0. The Morgan fingerprint density at radius 1 is 1.44 bits per heavy atom. The number of rotatable bonds is 3. The maximum absolute atomic E-state index is 11.8. The predicted octanol–water partition coefficient (Wildman–Crippen LogP) is 1.34. The molecule has 0 bridgehead atoms. The molecular formula is C10H13N3O3. The zero-order valence-electron chi connectivity index (χ0n) is 9.35. The van der Waals surface area contributed by atoms with Gasteiger partial charge in [0.2, 0.25) is 0 Å². The third kappa shape index (κ3) is 2.10. The lowest BCUT2D eigenvalue weighted by molar-refractivity contribution is -0.384. The highest BCUT2D eigenvalue weighted by molar-refractivity contribution is 6.01. The number of nitro groups is 1. The number of carbonyl (C=O) groups excluding carboxylic acids is 1. The number of hydrogen-bond donors (Lipinski definition) is 1. The molecule has 1 amide bonds. The number of nitro benzene ring substituents is 1. The summed E-state index contributed by atoms with van der Waals surface area (Å²) in [4.78, 5) is 23.4. The maximum Gasteiger partial charge on any atom is 0.293 e. The van der Waals surface area contributed by atoms with E-state index in [2.05, 4.69) is 5.32 Å². The lowest BCUT2D eigenvalue weighted by Crippen LogP contribution is -2.23. The third-order valence-electron chi connectivity index (χ3n) is 2.13. The van der Waals surface area contributed by atoms with Crippen LogP contribution in [0.2, 0.25) is 0 Å². The smallest absolute Gasteiger partial charge is 0.293 e. The van der Waals surface area contributed by atoms with Gasteiger partial charge in [0, 0.05) is 27.2 Å². The molecule has 0 aliphatic rings. The predicted molar refractivity (Wildman–Crippen MR) is 60.7 cm³/mol. The highest BCUT2D eigenvalue weighted by Crippen LogP contribution is 2.28. The molecule has 6 heteroatoms. The van der Waals surface area contributed by atoms with Crippen molar-refractivity contribution in [1.29, 1.82) is 0 Å². The molecule has 0 aliphatic carbocycles. The van der Waals surface area contributed by atoms with Crippen molar-refractivity contribution in [3.63, 3.8) is 0 Å². The Labute approximate surface area is 93.0 Å². The fraction of sp³-hybridized carbons (Fsp3) is 0.300. The molecule has 0 aromatic heterocycles. The fourth-order valence-electron chi connectivity index (χ4n) is 1.37. The van der Waals surface area contributed by atoms with Crippen molar-refractivity contribution in [2.24, 2.45) is 0 Å². The summed E-state index contributed by atoms with van der Waals surface area (Å²) in [5, 5.41) is 13.5. The van der Waals surface area contributed by atoms with Crippen molar-refractivity contribution in [3.05, 3.63) is 33.9 Å². The summed E-state index contributed by atoms with van der Waals surface area (Å²) in [7, 11) is 4.75. The number of para-hydroxylation sites is 1. The first kappa shape index (κ1) is 12.0. The van der Waals surface area contributed by atoms with Gasteiger partial charge >= 0.3 is 0 Å². The average molecular weight is 223 g/mol. The number of anilines is 1. The van der Waals surface area contributed by atoms with Crippen LogP contribution < -0.4 is 5.32 Å². The summed E-state index contributed by atoms with van der Waals surface area (Å²) >= 11 is 0. The molecule has 1 aromatic carbocycles. The van der Waals surface area contributed by atoms with E-state index in [9.17, 15) is 14.9 Å². The van der Waals surface area contributed by atoms with Gasteiger partial charge in [-0.2, -0.15) is 0 Å². The van der Waals surface area contributed by atoms with Gasteiger partial charge in [-0.3, -0.25) is 14.9 Å². The normalized spacial score (nSPS) is 9.69. The summed E-state index contributed by atoms with van der Waals surface area (Å²) < 4.78 is 0. The highest BCUT2D eigenvalue weighted by Gasteiger charge is 2.21. The van der Waals surface area contributed by atoms with E-state index in [4.69, 9.17) is 0 Å². The lowest BCUT2D eigenvalue weighted by atomic mass is 10.1. The molecule has 0 saturated carbocycles. The monoisotopic (exact) mass is 223 g/mol. The lowest BCUT2D eigenvalue weighted by Gasteiger charge is -2.13. The Hall–Kier alpha value is -2.11. The van der Waals surface area contributed by atoms with Crippen LogP contribution in [0.5, 0.6) is 0 Å². The summed E-state index contributed by atoms with van der Waals surface area (Å²) in [5.74, 6) is -0.270. The number of carbonyl (C=O) groups is 1. The van der Waals surface area contributed by atoms with Gasteiger partial charge in [0.25, 0.3) is 11.6 Å². The number of hydrogen-bond acceptors (Lipinski definition) is 4. The molecule has 6 nitrogen and oxygen atoms in total. The van der Waals surface area contributed by atoms with E-state index in [1.165, 1.54) is 17.0 Å².